The second-order valence-electron chi connectivity index (χ2n) is 4.41. The summed E-state index contributed by atoms with van der Waals surface area (Å²) >= 11 is 0. The van der Waals surface area contributed by atoms with Crippen molar-refractivity contribution in [1.29, 1.82) is 5.26 Å². The van der Waals surface area contributed by atoms with Gasteiger partial charge in [0.05, 0.1) is 0 Å². The molecule has 1 heterocycles. The molecule has 1 aromatic heterocycles. The summed E-state index contributed by atoms with van der Waals surface area (Å²) in [5, 5.41) is 9.75. The molecule has 0 bridgehead atoms. The van der Waals surface area contributed by atoms with Gasteiger partial charge < -0.3 is 4.98 Å². The lowest BCUT2D eigenvalue weighted by Crippen LogP contribution is -1.99. The summed E-state index contributed by atoms with van der Waals surface area (Å²) < 4.78 is 0. The van der Waals surface area contributed by atoms with Crippen LogP contribution in [0, 0.1) is 23.2 Å². The summed E-state index contributed by atoms with van der Waals surface area (Å²) in [6.45, 7) is 0. The lowest BCUT2D eigenvalue weighted by atomic mass is 9.95. The van der Waals surface area contributed by atoms with Gasteiger partial charge in [-0.3, -0.25) is 0 Å². The highest BCUT2D eigenvalue weighted by Crippen LogP contribution is 2.29. The molecular formula is C15H12N2. The van der Waals surface area contributed by atoms with Crippen molar-refractivity contribution < 1.29 is 0 Å². The first-order valence-corrected chi connectivity index (χ1v) is 5.92. The third-order valence-corrected chi connectivity index (χ3v) is 3.36. The van der Waals surface area contributed by atoms with Crippen LogP contribution in [0.4, 0.5) is 0 Å². The van der Waals surface area contributed by atoms with Crippen molar-refractivity contribution in [3.63, 3.8) is 0 Å². The number of aryl methyl sites for hydroxylation is 2. The Labute approximate surface area is 100 Å². The van der Waals surface area contributed by atoms with Crippen molar-refractivity contribution in [3.05, 3.63) is 35.0 Å². The third-order valence-electron chi connectivity index (χ3n) is 3.36. The van der Waals surface area contributed by atoms with E-state index in [1.54, 1.807) is 0 Å². The lowest BCUT2D eigenvalue weighted by Gasteiger charge is -2.10. The van der Waals surface area contributed by atoms with E-state index in [4.69, 9.17) is 5.26 Å². The van der Waals surface area contributed by atoms with E-state index in [2.05, 4.69) is 29.0 Å². The highest BCUT2D eigenvalue weighted by Gasteiger charge is 2.14. The Morgan fingerprint density at radius 3 is 2.94 bits per heavy atom. The molecule has 0 saturated carbocycles. The van der Waals surface area contributed by atoms with Crippen molar-refractivity contribution >= 4 is 10.9 Å². The number of hydrogen-bond donors (Lipinski definition) is 1. The Bertz CT molecular complexity index is 674. The van der Waals surface area contributed by atoms with Crippen LogP contribution in [0.1, 0.15) is 29.7 Å². The Kier molecular flexibility index (Phi) is 2.35. The van der Waals surface area contributed by atoms with Crippen molar-refractivity contribution in [2.24, 2.45) is 0 Å². The lowest BCUT2D eigenvalue weighted by molar-refractivity contribution is 0.680. The maximum absolute atomic E-state index is 8.46. The van der Waals surface area contributed by atoms with Crippen LogP contribution in [0.15, 0.2) is 18.2 Å². The first-order valence-electron chi connectivity index (χ1n) is 5.92. The fraction of sp³-hybridized carbons (Fsp3) is 0.267. The molecule has 2 aromatic rings. The first kappa shape index (κ1) is 10.00. The monoisotopic (exact) mass is 220 g/mol. The van der Waals surface area contributed by atoms with E-state index in [0.29, 0.717) is 0 Å². The van der Waals surface area contributed by atoms with Gasteiger partial charge in [0, 0.05) is 28.1 Å². The molecule has 0 saturated heterocycles. The van der Waals surface area contributed by atoms with Gasteiger partial charge in [-0.15, -0.1) is 0 Å². The van der Waals surface area contributed by atoms with E-state index in [9.17, 15) is 0 Å². The molecule has 1 N–H and O–H groups in total. The number of aromatic amines is 1. The van der Waals surface area contributed by atoms with Gasteiger partial charge in [-0.05, 0) is 49.4 Å². The van der Waals surface area contributed by atoms with Crippen LogP contribution in [-0.4, -0.2) is 4.98 Å². The fourth-order valence-electron chi connectivity index (χ4n) is 2.58. The van der Waals surface area contributed by atoms with Gasteiger partial charge >= 0.3 is 0 Å². The summed E-state index contributed by atoms with van der Waals surface area (Å²) in [4.78, 5) is 3.49. The number of nitrogens with zero attached hydrogens (tertiary/aromatic N) is 1. The number of rotatable bonds is 0. The number of fused-ring (bicyclic) bond motifs is 3. The first-order chi connectivity index (χ1) is 8.38. The Hall–Kier alpha value is -2.19. The fourth-order valence-corrected chi connectivity index (χ4v) is 2.58. The Balaban J connectivity index is 2.18. The third kappa shape index (κ3) is 1.69. The number of nitriles is 1. The quantitative estimate of drug-likeness (QED) is 0.681. The molecule has 1 aliphatic carbocycles. The molecule has 3 rings (SSSR count). The molecule has 0 unspecified atom stereocenters. The number of H-pyrrole nitrogens is 1. The summed E-state index contributed by atoms with van der Waals surface area (Å²) in [5.74, 6) is 5.30. The molecule has 0 radical (unpaired) electrons. The minimum atomic E-state index is 0.923. The van der Waals surface area contributed by atoms with E-state index in [1.165, 1.54) is 35.0 Å². The molecular weight excluding hydrogens is 208 g/mol. The maximum atomic E-state index is 8.46. The predicted molar refractivity (Wildman–Crippen MR) is 67.4 cm³/mol. The minimum absolute atomic E-state index is 0.923. The molecule has 1 aromatic carbocycles. The highest BCUT2D eigenvalue weighted by atomic mass is 14.7. The van der Waals surface area contributed by atoms with Gasteiger partial charge in [-0.1, -0.05) is 5.92 Å². The van der Waals surface area contributed by atoms with Crippen LogP contribution in [0.3, 0.4) is 0 Å². The van der Waals surface area contributed by atoms with Gasteiger partial charge in [0.15, 0.2) is 6.07 Å². The molecule has 82 valence electrons. The van der Waals surface area contributed by atoms with E-state index in [0.717, 1.165) is 18.4 Å². The van der Waals surface area contributed by atoms with Crippen LogP contribution < -0.4 is 0 Å². The standard InChI is InChI=1S/C15H12N2/c16-9-3-4-11-7-8-15-13(10-11)12-5-1-2-6-14(12)17-15/h7-8,10,17H,1-2,5-6H2. The van der Waals surface area contributed by atoms with Crippen molar-refractivity contribution in [3.8, 4) is 17.9 Å². The summed E-state index contributed by atoms with van der Waals surface area (Å²) in [7, 11) is 0. The Morgan fingerprint density at radius 2 is 2.06 bits per heavy atom. The van der Waals surface area contributed by atoms with Crippen LogP contribution in [0.2, 0.25) is 0 Å². The zero-order valence-electron chi connectivity index (χ0n) is 9.51. The van der Waals surface area contributed by atoms with E-state index in [-0.39, 0.29) is 0 Å². The van der Waals surface area contributed by atoms with Gasteiger partial charge in [-0.25, -0.2) is 0 Å². The van der Waals surface area contributed by atoms with Gasteiger partial charge in [0.25, 0.3) is 0 Å². The van der Waals surface area contributed by atoms with Crippen LogP contribution in [0.5, 0.6) is 0 Å². The second-order valence-corrected chi connectivity index (χ2v) is 4.41. The van der Waals surface area contributed by atoms with E-state index < -0.39 is 0 Å². The molecule has 17 heavy (non-hydrogen) atoms. The van der Waals surface area contributed by atoms with Crippen molar-refractivity contribution in [2.75, 3.05) is 0 Å². The molecule has 0 spiro atoms. The van der Waals surface area contributed by atoms with Crippen LogP contribution >= 0.6 is 0 Å². The molecule has 0 amide bonds. The summed E-state index contributed by atoms with van der Waals surface area (Å²) in [6.07, 6.45) is 4.86. The second kappa shape index (κ2) is 4.00. The number of aromatic nitrogens is 1. The number of benzene rings is 1. The molecule has 0 fully saturated rings. The molecule has 0 aliphatic heterocycles. The zero-order valence-corrected chi connectivity index (χ0v) is 9.51. The Morgan fingerprint density at radius 1 is 1.18 bits per heavy atom. The summed E-state index contributed by atoms with van der Waals surface area (Å²) in [6, 6.07) is 7.98. The van der Waals surface area contributed by atoms with Crippen LogP contribution in [-0.2, 0) is 12.8 Å². The molecule has 2 nitrogen and oxygen atoms in total. The number of hydrogen-bond acceptors (Lipinski definition) is 1. The molecule has 1 aliphatic rings. The maximum Gasteiger partial charge on any atom is 0.152 e. The van der Waals surface area contributed by atoms with Gasteiger partial charge in [0.1, 0.15) is 0 Å². The van der Waals surface area contributed by atoms with E-state index in [1.807, 2.05) is 12.1 Å². The SMILES string of the molecule is N#CC#Cc1ccc2[nH]c3c(c2c1)CCCC3. The predicted octanol–water partition coefficient (Wildman–Crippen LogP) is 2.92. The van der Waals surface area contributed by atoms with Gasteiger partial charge in [0.2, 0.25) is 0 Å². The van der Waals surface area contributed by atoms with Gasteiger partial charge in [-0.2, -0.15) is 5.26 Å². The average molecular weight is 220 g/mol. The van der Waals surface area contributed by atoms with Crippen molar-refractivity contribution in [1.82, 2.24) is 4.98 Å². The summed E-state index contributed by atoms with van der Waals surface area (Å²) in [5.41, 5.74) is 4.95. The number of nitrogens with one attached hydrogen (secondary N) is 1. The van der Waals surface area contributed by atoms with E-state index >= 15 is 0 Å². The molecule has 2 heteroatoms. The zero-order chi connectivity index (χ0) is 11.7. The van der Waals surface area contributed by atoms with Crippen molar-refractivity contribution in [2.45, 2.75) is 25.7 Å². The normalized spacial score (nSPS) is 13.6. The topological polar surface area (TPSA) is 39.6 Å². The van der Waals surface area contributed by atoms with Crippen LogP contribution in [0.25, 0.3) is 10.9 Å². The smallest absolute Gasteiger partial charge is 0.152 e. The largest absolute Gasteiger partial charge is 0.358 e. The minimum Gasteiger partial charge on any atom is -0.358 e. The average Bonchev–Trinajstić information content (AvgIpc) is 2.74. The highest BCUT2D eigenvalue weighted by molar-refractivity contribution is 5.86. The molecule has 0 atom stereocenters.